The zero-order valence-electron chi connectivity index (χ0n) is 23.6. The fourth-order valence-electron chi connectivity index (χ4n) is 4.86. The second-order valence-corrected chi connectivity index (χ2v) is 13.8. The van der Waals surface area contributed by atoms with Gasteiger partial charge in [-0.1, -0.05) is 114 Å². The van der Waals surface area contributed by atoms with Crippen LogP contribution in [0.4, 0.5) is 0 Å². The molecule has 3 fully saturated rings. The third-order valence-corrected chi connectivity index (χ3v) is 6.17. The molecule has 0 amide bonds. The molecule has 4 rings (SSSR count). The van der Waals surface area contributed by atoms with Crippen molar-refractivity contribution in [3.05, 3.63) is 44.7 Å². The summed E-state index contributed by atoms with van der Waals surface area (Å²) < 4.78 is 0. The molecule has 0 saturated carbocycles. The molecule has 4 heterocycles. The maximum atomic E-state index is 4.83. The molecule has 7 heteroatoms. The van der Waals surface area contributed by atoms with Crippen molar-refractivity contribution >= 4 is 19.4 Å². The van der Waals surface area contributed by atoms with Gasteiger partial charge in [-0.15, -0.1) is 45.8 Å². The van der Waals surface area contributed by atoms with Gasteiger partial charge in [0.1, 0.15) is 0 Å². The first-order valence-corrected chi connectivity index (χ1v) is 17.5. The van der Waals surface area contributed by atoms with E-state index >= 15 is 0 Å². The van der Waals surface area contributed by atoms with Crippen molar-refractivity contribution in [3.8, 4) is 0 Å². The van der Waals surface area contributed by atoms with Gasteiger partial charge in [-0.05, 0) is 13.8 Å². The molecule has 0 bridgehead atoms. The quantitative estimate of drug-likeness (QED) is 0.243. The number of hydrogen-bond acceptors (Lipinski definition) is 0. The Morgan fingerprint density at radius 2 is 0.914 bits per heavy atom. The van der Waals surface area contributed by atoms with E-state index in [1.165, 1.54) is 30.4 Å². The number of hydrogen-bond donors (Lipinski definition) is 0. The molecule has 0 aromatic carbocycles. The SMILES string of the molecule is CC1=C[N-]CC(C)=C1.CC1C[N-]CC(C)C1.CC1C[N-]CC(C)C1.CC1C[N-]CC(C)C1.[Cl][Rh][Cl]. The fourth-order valence-corrected chi connectivity index (χ4v) is 4.86. The number of halogens is 2. The topological polar surface area (TPSA) is 56.4 Å². The summed E-state index contributed by atoms with van der Waals surface area (Å²) in [6.07, 6.45) is 8.20. The van der Waals surface area contributed by atoms with Crippen LogP contribution in [-0.4, -0.2) is 45.8 Å². The third kappa shape index (κ3) is 22.1. The predicted octanol–water partition coefficient (Wildman–Crippen LogP) is 9.71. The van der Waals surface area contributed by atoms with Gasteiger partial charge in [0, 0.05) is 0 Å². The first kappa shape index (κ1) is 35.4. The summed E-state index contributed by atoms with van der Waals surface area (Å²) in [6, 6.07) is 0. The molecule has 0 aliphatic carbocycles. The Bertz CT molecular complexity index is 502. The van der Waals surface area contributed by atoms with Gasteiger partial charge >= 0.3 is 34.5 Å². The molecule has 6 unspecified atom stereocenters. The Balaban J connectivity index is 0.000000424. The van der Waals surface area contributed by atoms with Gasteiger partial charge in [-0.3, -0.25) is 0 Å². The summed E-state index contributed by atoms with van der Waals surface area (Å²) in [7, 11) is 9.67. The van der Waals surface area contributed by atoms with E-state index in [0.29, 0.717) is 0 Å². The van der Waals surface area contributed by atoms with Gasteiger partial charge < -0.3 is 21.3 Å². The molecule has 4 aliphatic rings. The van der Waals surface area contributed by atoms with Crippen LogP contribution in [0.25, 0.3) is 21.3 Å². The fraction of sp³-hybridized carbons (Fsp3) is 0.857. The van der Waals surface area contributed by atoms with Gasteiger partial charge in [-0.25, -0.2) is 0 Å². The molecule has 0 radical (unpaired) electrons. The number of piperidine rings is 3. The normalized spacial score (nSPS) is 32.2. The van der Waals surface area contributed by atoms with E-state index in [1.807, 2.05) is 6.20 Å². The zero-order chi connectivity index (χ0) is 26.6. The van der Waals surface area contributed by atoms with Gasteiger partial charge in [0.2, 0.25) is 0 Å². The Morgan fingerprint density at radius 1 is 0.629 bits per heavy atom. The van der Waals surface area contributed by atoms with E-state index < -0.39 is 0 Å². The zero-order valence-corrected chi connectivity index (χ0v) is 26.7. The van der Waals surface area contributed by atoms with E-state index in [-0.39, 0.29) is 15.1 Å². The van der Waals surface area contributed by atoms with Gasteiger partial charge in [0.15, 0.2) is 0 Å². The molecular formula is C28H52Cl2N4Rh-4. The van der Waals surface area contributed by atoms with Crippen molar-refractivity contribution in [2.75, 3.05) is 45.8 Å². The van der Waals surface area contributed by atoms with Crippen molar-refractivity contribution in [3.63, 3.8) is 0 Å². The molecule has 3 saturated heterocycles. The summed E-state index contributed by atoms with van der Waals surface area (Å²) in [4.78, 5) is 0. The molecule has 4 aliphatic heterocycles. The Hall–Kier alpha value is 0.363. The molecule has 4 nitrogen and oxygen atoms in total. The standard InChI is InChI=1S/3C7H14N.C7H10N.2ClH.Rh/c4*1-6-3-7(2)5-8-4-6;;;/h3*6-7H,3-5H2,1-2H3;3-4H,5H2,1-2H3;2*1H;/q4*-1;;;+2/p-2. The van der Waals surface area contributed by atoms with E-state index in [2.05, 4.69) is 82.7 Å². The Labute approximate surface area is 234 Å². The Morgan fingerprint density at radius 3 is 1.06 bits per heavy atom. The van der Waals surface area contributed by atoms with Crippen molar-refractivity contribution < 1.29 is 15.1 Å². The van der Waals surface area contributed by atoms with Crippen LogP contribution in [0.1, 0.15) is 74.7 Å². The van der Waals surface area contributed by atoms with Crippen LogP contribution >= 0.6 is 19.4 Å². The van der Waals surface area contributed by atoms with Crippen molar-refractivity contribution in [1.29, 1.82) is 0 Å². The second kappa shape index (κ2) is 22.4. The monoisotopic (exact) mass is 617 g/mol. The average molecular weight is 619 g/mol. The maximum absolute atomic E-state index is 4.83. The number of rotatable bonds is 0. The van der Waals surface area contributed by atoms with E-state index in [1.54, 1.807) is 0 Å². The van der Waals surface area contributed by atoms with Gasteiger partial charge in [0.05, 0.1) is 0 Å². The van der Waals surface area contributed by atoms with Crippen LogP contribution in [0.2, 0.25) is 0 Å². The van der Waals surface area contributed by atoms with E-state index in [9.17, 15) is 0 Å². The molecule has 0 aromatic rings. The van der Waals surface area contributed by atoms with Crippen LogP contribution in [-0.2, 0) is 15.1 Å². The third-order valence-electron chi connectivity index (χ3n) is 6.17. The summed E-state index contributed by atoms with van der Waals surface area (Å²) in [5, 5.41) is 17.1. The average Bonchev–Trinajstić information content (AvgIpc) is 2.75. The molecule has 0 N–H and O–H groups in total. The van der Waals surface area contributed by atoms with Crippen molar-refractivity contribution in [2.24, 2.45) is 35.5 Å². The van der Waals surface area contributed by atoms with Crippen LogP contribution in [0.15, 0.2) is 23.4 Å². The van der Waals surface area contributed by atoms with Crippen LogP contribution in [0.5, 0.6) is 0 Å². The summed E-state index contributed by atoms with van der Waals surface area (Å²) in [5.41, 5.74) is 2.61. The summed E-state index contributed by atoms with van der Waals surface area (Å²) in [6.45, 7) is 25.3. The minimum absolute atomic E-state index is 0.226. The van der Waals surface area contributed by atoms with Crippen LogP contribution in [0, 0.1) is 35.5 Å². The molecule has 0 spiro atoms. The summed E-state index contributed by atoms with van der Waals surface area (Å²) in [5.74, 6) is 5.08. The first-order chi connectivity index (χ1) is 16.6. The second-order valence-electron chi connectivity index (χ2n) is 11.4. The minimum atomic E-state index is -0.226. The number of allylic oxidation sites excluding steroid dienone is 2. The van der Waals surface area contributed by atoms with Crippen molar-refractivity contribution in [1.82, 2.24) is 0 Å². The summed E-state index contributed by atoms with van der Waals surface area (Å²) >= 11 is -0.226. The van der Waals surface area contributed by atoms with E-state index in [4.69, 9.17) is 19.4 Å². The van der Waals surface area contributed by atoms with Crippen LogP contribution in [0.3, 0.4) is 0 Å². The van der Waals surface area contributed by atoms with E-state index in [0.717, 1.165) is 81.3 Å². The predicted molar refractivity (Wildman–Crippen MR) is 156 cm³/mol. The molecule has 35 heavy (non-hydrogen) atoms. The number of nitrogens with zero attached hydrogens (tertiary/aromatic N) is 4. The molecule has 0 aromatic heterocycles. The van der Waals surface area contributed by atoms with Gasteiger partial charge in [0.25, 0.3) is 0 Å². The Kier molecular flexibility index (Phi) is 22.6. The van der Waals surface area contributed by atoms with Gasteiger partial charge in [-0.2, -0.15) is 6.20 Å². The van der Waals surface area contributed by atoms with Crippen LogP contribution < -0.4 is 0 Å². The van der Waals surface area contributed by atoms with Crippen molar-refractivity contribution in [2.45, 2.75) is 74.7 Å². The molecule has 6 atom stereocenters. The molecule has 211 valence electrons. The molecular weight excluding hydrogens is 566 g/mol. The first-order valence-electron chi connectivity index (χ1n) is 13.3.